The lowest BCUT2D eigenvalue weighted by molar-refractivity contribution is -0.132. The minimum atomic E-state index is -0.509. The fraction of sp³-hybridized carbons (Fsp3) is 0.478. The SMILES string of the molecule is CC(C)(C)CC(C)(C)C1=CC(=O)C(=O)C(C(C)(C)c2ccccc2)=C1. The van der Waals surface area contributed by atoms with Crippen molar-refractivity contribution in [2.24, 2.45) is 10.8 Å². The normalized spacial score (nSPS) is 16.6. The van der Waals surface area contributed by atoms with E-state index in [0.717, 1.165) is 17.6 Å². The zero-order valence-electron chi connectivity index (χ0n) is 16.6. The number of allylic oxidation sites excluding steroid dienone is 4. The molecule has 1 aromatic rings. The van der Waals surface area contributed by atoms with Gasteiger partial charge in [-0.1, -0.05) is 84.9 Å². The molecule has 2 nitrogen and oxygen atoms in total. The third-order valence-electron chi connectivity index (χ3n) is 4.98. The molecule has 1 aliphatic carbocycles. The number of carbonyl (C=O) groups is 2. The molecule has 0 saturated heterocycles. The standard InChI is InChI=1S/C23H30O2/c1-21(2,3)15-22(4,5)17-13-18(20(25)19(24)14-17)23(6,7)16-11-9-8-10-12-16/h8-14H,15H2,1-7H3. The minimum absolute atomic E-state index is 0.137. The number of benzene rings is 1. The molecule has 0 amide bonds. The predicted molar refractivity (Wildman–Crippen MR) is 104 cm³/mol. The van der Waals surface area contributed by atoms with Crippen molar-refractivity contribution in [2.45, 2.75) is 60.3 Å². The maximum atomic E-state index is 12.6. The van der Waals surface area contributed by atoms with Gasteiger partial charge in [0.05, 0.1) is 0 Å². The maximum absolute atomic E-state index is 12.6. The molecule has 0 aromatic heterocycles. The van der Waals surface area contributed by atoms with Crippen molar-refractivity contribution in [2.75, 3.05) is 0 Å². The summed E-state index contributed by atoms with van der Waals surface area (Å²) in [5.74, 6) is -0.789. The Morgan fingerprint density at radius 1 is 0.800 bits per heavy atom. The van der Waals surface area contributed by atoms with E-state index in [1.807, 2.05) is 50.3 Å². The van der Waals surface area contributed by atoms with E-state index in [4.69, 9.17) is 0 Å². The molecule has 1 aromatic carbocycles. The fourth-order valence-corrected chi connectivity index (χ4v) is 3.90. The average Bonchev–Trinajstić information content (AvgIpc) is 2.48. The topological polar surface area (TPSA) is 34.1 Å². The van der Waals surface area contributed by atoms with Crippen molar-refractivity contribution >= 4 is 11.6 Å². The molecule has 1 aliphatic rings. The quantitative estimate of drug-likeness (QED) is 0.542. The largest absolute Gasteiger partial charge is 0.286 e. The summed E-state index contributed by atoms with van der Waals surface area (Å²) < 4.78 is 0. The summed E-state index contributed by atoms with van der Waals surface area (Å²) in [7, 11) is 0. The van der Waals surface area contributed by atoms with Crippen LogP contribution in [0.5, 0.6) is 0 Å². The van der Waals surface area contributed by atoms with E-state index < -0.39 is 11.2 Å². The first-order valence-corrected chi connectivity index (χ1v) is 8.93. The zero-order valence-corrected chi connectivity index (χ0v) is 16.6. The molecule has 0 aliphatic heterocycles. The number of rotatable bonds is 4. The summed E-state index contributed by atoms with van der Waals surface area (Å²) in [5, 5.41) is 0. The van der Waals surface area contributed by atoms with Gasteiger partial charge in [0.25, 0.3) is 0 Å². The van der Waals surface area contributed by atoms with E-state index in [1.54, 1.807) is 6.08 Å². The smallest absolute Gasteiger partial charge is 0.229 e. The van der Waals surface area contributed by atoms with Gasteiger partial charge in [0.15, 0.2) is 0 Å². The first-order chi connectivity index (χ1) is 11.3. The van der Waals surface area contributed by atoms with Gasteiger partial charge in [0.1, 0.15) is 0 Å². The summed E-state index contributed by atoms with van der Waals surface area (Å²) in [6, 6.07) is 9.91. The van der Waals surface area contributed by atoms with Crippen molar-refractivity contribution in [3.05, 3.63) is 59.2 Å². The highest BCUT2D eigenvalue weighted by Crippen LogP contribution is 2.43. The summed E-state index contributed by atoms with van der Waals surface area (Å²) in [4.78, 5) is 25.1. The molecule has 134 valence electrons. The highest BCUT2D eigenvalue weighted by atomic mass is 16.2. The van der Waals surface area contributed by atoms with Crippen LogP contribution in [0, 0.1) is 10.8 Å². The van der Waals surface area contributed by atoms with E-state index in [0.29, 0.717) is 5.57 Å². The van der Waals surface area contributed by atoms with E-state index >= 15 is 0 Å². The summed E-state index contributed by atoms with van der Waals surface area (Å²) in [6.07, 6.45) is 4.43. The Kier molecular flexibility index (Phi) is 4.96. The molecule has 0 radical (unpaired) electrons. The van der Waals surface area contributed by atoms with Gasteiger partial charge in [-0.3, -0.25) is 9.59 Å². The van der Waals surface area contributed by atoms with E-state index in [-0.39, 0.29) is 16.6 Å². The van der Waals surface area contributed by atoms with Gasteiger partial charge in [0, 0.05) is 11.0 Å². The second kappa shape index (κ2) is 6.40. The molecular weight excluding hydrogens is 308 g/mol. The van der Waals surface area contributed by atoms with Gasteiger partial charge in [-0.05, 0) is 34.5 Å². The van der Waals surface area contributed by atoms with Crippen LogP contribution < -0.4 is 0 Å². The second-order valence-electron chi connectivity index (χ2n) is 9.46. The lowest BCUT2D eigenvalue weighted by atomic mass is 9.67. The van der Waals surface area contributed by atoms with Crippen LogP contribution in [0.4, 0.5) is 0 Å². The Hall–Kier alpha value is -1.96. The van der Waals surface area contributed by atoms with Gasteiger partial charge >= 0.3 is 0 Å². The first-order valence-electron chi connectivity index (χ1n) is 8.93. The molecule has 0 bridgehead atoms. The summed E-state index contributed by atoms with van der Waals surface area (Å²) >= 11 is 0. The Balaban J connectivity index is 2.51. The van der Waals surface area contributed by atoms with Gasteiger partial charge < -0.3 is 0 Å². The van der Waals surface area contributed by atoms with Gasteiger partial charge in [-0.25, -0.2) is 0 Å². The van der Waals surface area contributed by atoms with Gasteiger partial charge in [0.2, 0.25) is 11.6 Å². The van der Waals surface area contributed by atoms with Crippen LogP contribution in [0.3, 0.4) is 0 Å². The van der Waals surface area contributed by atoms with Crippen LogP contribution in [-0.2, 0) is 15.0 Å². The molecule has 25 heavy (non-hydrogen) atoms. The van der Waals surface area contributed by atoms with Crippen molar-refractivity contribution in [1.29, 1.82) is 0 Å². The molecule has 0 unspecified atom stereocenters. The summed E-state index contributed by atoms with van der Waals surface area (Å²) in [6.45, 7) is 14.9. The van der Waals surface area contributed by atoms with Crippen LogP contribution in [0.2, 0.25) is 0 Å². The van der Waals surface area contributed by atoms with E-state index in [9.17, 15) is 9.59 Å². The molecule has 2 rings (SSSR count). The number of carbonyl (C=O) groups excluding carboxylic acids is 2. The highest BCUT2D eigenvalue weighted by molar-refractivity contribution is 6.48. The lowest BCUT2D eigenvalue weighted by Crippen LogP contribution is -2.34. The minimum Gasteiger partial charge on any atom is -0.286 e. The fourth-order valence-electron chi connectivity index (χ4n) is 3.90. The van der Waals surface area contributed by atoms with Crippen LogP contribution in [0.25, 0.3) is 0 Å². The molecular formula is C23H30O2. The van der Waals surface area contributed by atoms with Crippen LogP contribution in [-0.4, -0.2) is 11.6 Å². The monoisotopic (exact) mass is 338 g/mol. The number of ketones is 2. The van der Waals surface area contributed by atoms with Gasteiger partial charge in [-0.2, -0.15) is 0 Å². The van der Waals surface area contributed by atoms with Crippen molar-refractivity contribution in [1.82, 2.24) is 0 Å². The van der Waals surface area contributed by atoms with E-state index in [2.05, 4.69) is 34.6 Å². The zero-order chi connectivity index (χ0) is 19.0. The third kappa shape index (κ3) is 4.18. The number of Topliss-reactive ketones (excluding diaryl/α,β-unsaturated/α-hetero) is 1. The number of hydrogen-bond acceptors (Lipinski definition) is 2. The van der Waals surface area contributed by atoms with Crippen LogP contribution >= 0.6 is 0 Å². The molecule has 0 N–H and O–H groups in total. The highest BCUT2D eigenvalue weighted by Gasteiger charge is 2.38. The molecule has 0 spiro atoms. The third-order valence-corrected chi connectivity index (χ3v) is 4.98. The molecule has 2 heteroatoms. The van der Waals surface area contributed by atoms with Crippen molar-refractivity contribution in [3.8, 4) is 0 Å². The average molecular weight is 338 g/mol. The Labute approximate surface area is 152 Å². The van der Waals surface area contributed by atoms with Crippen LogP contribution in [0.15, 0.2) is 53.6 Å². The Morgan fingerprint density at radius 3 is 1.88 bits per heavy atom. The molecule has 0 saturated carbocycles. The van der Waals surface area contributed by atoms with E-state index in [1.165, 1.54) is 0 Å². The lowest BCUT2D eigenvalue weighted by Gasteiger charge is -2.36. The number of hydrogen-bond donors (Lipinski definition) is 0. The Morgan fingerprint density at radius 2 is 1.36 bits per heavy atom. The first kappa shape index (κ1) is 19.4. The predicted octanol–water partition coefficient (Wildman–Crippen LogP) is 5.43. The molecule has 0 heterocycles. The van der Waals surface area contributed by atoms with Gasteiger partial charge in [-0.15, -0.1) is 0 Å². The van der Waals surface area contributed by atoms with Crippen LogP contribution in [0.1, 0.15) is 60.5 Å². The molecule has 0 fully saturated rings. The second-order valence-corrected chi connectivity index (χ2v) is 9.46. The maximum Gasteiger partial charge on any atom is 0.229 e. The molecule has 0 atom stereocenters. The summed E-state index contributed by atoms with van der Waals surface area (Å²) in [5.41, 5.74) is 2.03. The Bertz CT molecular complexity index is 738. The van der Waals surface area contributed by atoms with Crippen molar-refractivity contribution < 1.29 is 9.59 Å². The van der Waals surface area contributed by atoms with Crippen molar-refractivity contribution in [3.63, 3.8) is 0 Å².